The highest BCUT2D eigenvalue weighted by molar-refractivity contribution is 5.71. The maximum absolute atomic E-state index is 11.4. The van der Waals surface area contributed by atoms with Gasteiger partial charge in [0.15, 0.2) is 0 Å². The first-order valence-electron chi connectivity index (χ1n) is 6.52. The van der Waals surface area contributed by atoms with Crippen molar-refractivity contribution in [2.75, 3.05) is 26.2 Å². The van der Waals surface area contributed by atoms with E-state index in [1.807, 2.05) is 6.92 Å². The first-order valence-corrected chi connectivity index (χ1v) is 6.52. The van der Waals surface area contributed by atoms with Gasteiger partial charge in [0.2, 0.25) is 0 Å². The zero-order valence-electron chi connectivity index (χ0n) is 11.5. The van der Waals surface area contributed by atoms with Gasteiger partial charge in [0.25, 0.3) is 0 Å². The number of esters is 1. The number of ether oxygens (including phenoxy) is 2. The largest absolute Gasteiger partial charge is 0.465 e. The summed E-state index contributed by atoms with van der Waals surface area (Å²) < 4.78 is 10.9. The maximum atomic E-state index is 11.4. The number of likely N-dealkylation sites (N-methyl/N-ethyl adjacent to an activating group) is 1. The van der Waals surface area contributed by atoms with Crippen molar-refractivity contribution >= 4 is 5.97 Å². The van der Waals surface area contributed by atoms with Crippen molar-refractivity contribution in [1.29, 1.82) is 0 Å². The molecular weight excluding hydrogens is 218 g/mol. The fraction of sp³-hybridized carbons (Fsp3) is 0.923. The zero-order chi connectivity index (χ0) is 12.9. The minimum absolute atomic E-state index is 0.00595. The van der Waals surface area contributed by atoms with E-state index >= 15 is 0 Å². The lowest BCUT2D eigenvalue weighted by Crippen LogP contribution is -2.37. The molecule has 0 saturated carbocycles. The molecule has 0 radical (unpaired) electrons. The normalized spacial score (nSPS) is 23.0. The number of carbonyl (C=O) groups excluding carboxylic acids is 1. The molecule has 0 aromatic carbocycles. The summed E-state index contributed by atoms with van der Waals surface area (Å²) in [5.74, 6) is -0.147. The molecule has 1 atom stereocenters. The summed E-state index contributed by atoms with van der Waals surface area (Å²) >= 11 is 0. The fourth-order valence-corrected chi connectivity index (χ4v) is 2.19. The molecular formula is C13H25NO3. The Bertz CT molecular complexity index is 253. The van der Waals surface area contributed by atoms with Gasteiger partial charge in [-0.2, -0.15) is 0 Å². The van der Waals surface area contributed by atoms with Crippen LogP contribution in [0.4, 0.5) is 0 Å². The van der Waals surface area contributed by atoms with Gasteiger partial charge in [-0.1, -0.05) is 6.92 Å². The van der Waals surface area contributed by atoms with E-state index in [9.17, 15) is 4.79 Å². The number of hydrogen-bond acceptors (Lipinski definition) is 4. The number of nitrogens with zero attached hydrogens (tertiary/aromatic N) is 1. The highest BCUT2D eigenvalue weighted by Gasteiger charge is 2.32. The van der Waals surface area contributed by atoms with Crippen LogP contribution >= 0.6 is 0 Å². The van der Waals surface area contributed by atoms with E-state index in [4.69, 9.17) is 9.47 Å². The molecule has 0 bridgehead atoms. The van der Waals surface area contributed by atoms with Crippen molar-refractivity contribution in [3.05, 3.63) is 0 Å². The lowest BCUT2D eigenvalue weighted by Gasteiger charge is -2.25. The monoisotopic (exact) mass is 243 g/mol. The van der Waals surface area contributed by atoms with Crippen LogP contribution < -0.4 is 0 Å². The number of hydrogen-bond donors (Lipinski definition) is 0. The van der Waals surface area contributed by atoms with E-state index in [-0.39, 0.29) is 17.7 Å². The molecule has 0 aromatic heterocycles. The molecule has 17 heavy (non-hydrogen) atoms. The van der Waals surface area contributed by atoms with E-state index in [1.165, 1.54) is 0 Å². The van der Waals surface area contributed by atoms with Gasteiger partial charge >= 0.3 is 5.97 Å². The van der Waals surface area contributed by atoms with Gasteiger partial charge < -0.3 is 9.47 Å². The number of rotatable bonds is 6. The van der Waals surface area contributed by atoms with Crippen LogP contribution in [0.2, 0.25) is 0 Å². The Kier molecular flexibility index (Phi) is 5.40. The molecule has 1 unspecified atom stereocenters. The standard InChI is InChI=1S/C13H25NO3/c1-5-14(10-12(15)16-6-2)9-11-7-8-13(3,4)17-11/h11H,5-10H2,1-4H3. The van der Waals surface area contributed by atoms with E-state index in [0.717, 1.165) is 25.9 Å². The van der Waals surface area contributed by atoms with Crippen molar-refractivity contribution in [3.63, 3.8) is 0 Å². The van der Waals surface area contributed by atoms with Crippen molar-refractivity contribution in [2.24, 2.45) is 0 Å². The highest BCUT2D eigenvalue weighted by Crippen LogP contribution is 2.29. The van der Waals surface area contributed by atoms with Crippen molar-refractivity contribution in [2.45, 2.75) is 52.2 Å². The summed E-state index contributed by atoms with van der Waals surface area (Å²) in [5.41, 5.74) is -0.00595. The van der Waals surface area contributed by atoms with Crippen LogP contribution in [0.3, 0.4) is 0 Å². The van der Waals surface area contributed by atoms with E-state index in [1.54, 1.807) is 0 Å². The minimum Gasteiger partial charge on any atom is -0.465 e. The molecule has 100 valence electrons. The summed E-state index contributed by atoms with van der Waals surface area (Å²) in [6.07, 6.45) is 2.42. The van der Waals surface area contributed by atoms with Crippen LogP contribution in [-0.2, 0) is 14.3 Å². The van der Waals surface area contributed by atoms with E-state index in [2.05, 4.69) is 25.7 Å². The lowest BCUT2D eigenvalue weighted by atomic mass is 10.1. The smallest absolute Gasteiger partial charge is 0.320 e. The van der Waals surface area contributed by atoms with Crippen LogP contribution in [0.5, 0.6) is 0 Å². The predicted molar refractivity (Wildman–Crippen MR) is 66.9 cm³/mol. The van der Waals surface area contributed by atoms with Gasteiger partial charge in [-0.15, -0.1) is 0 Å². The third-order valence-corrected chi connectivity index (χ3v) is 3.12. The van der Waals surface area contributed by atoms with Crippen LogP contribution in [-0.4, -0.2) is 48.8 Å². The van der Waals surface area contributed by atoms with E-state index < -0.39 is 0 Å². The van der Waals surface area contributed by atoms with Gasteiger partial charge in [-0.25, -0.2) is 0 Å². The van der Waals surface area contributed by atoms with Gasteiger partial charge in [0.1, 0.15) is 0 Å². The molecule has 4 heteroatoms. The Labute approximate surface area is 104 Å². The summed E-state index contributed by atoms with van der Waals surface area (Å²) in [6.45, 7) is 10.6. The highest BCUT2D eigenvalue weighted by atomic mass is 16.5. The topological polar surface area (TPSA) is 38.8 Å². The molecule has 0 amide bonds. The Morgan fingerprint density at radius 1 is 1.47 bits per heavy atom. The average Bonchev–Trinajstić information content (AvgIpc) is 2.57. The Balaban J connectivity index is 2.34. The molecule has 0 aliphatic carbocycles. The first-order chi connectivity index (χ1) is 7.96. The zero-order valence-corrected chi connectivity index (χ0v) is 11.5. The fourth-order valence-electron chi connectivity index (χ4n) is 2.19. The first kappa shape index (κ1) is 14.5. The third-order valence-electron chi connectivity index (χ3n) is 3.12. The molecule has 1 rings (SSSR count). The maximum Gasteiger partial charge on any atom is 0.320 e. The Morgan fingerprint density at radius 3 is 2.65 bits per heavy atom. The van der Waals surface area contributed by atoms with Gasteiger partial charge in [0.05, 0.1) is 24.9 Å². The second-order valence-electron chi connectivity index (χ2n) is 5.17. The number of carbonyl (C=O) groups is 1. The summed E-state index contributed by atoms with van der Waals surface area (Å²) in [6, 6.07) is 0. The molecule has 1 saturated heterocycles. The third kappa shape index (κ3) is 5.04. The van der Waals surface area contributed by atoms with Crippen molar-refractivity contribution in [3.8, 4) is 0 Å². The summed E-state index contributed by atoms with van der Waals surface area (Å²) in [4.78, 5) is 13.5. The second kappa shape index (κ2) is 6.36. The van der Waals surface area contributed by atoms with Gasteiger partial charge in [-0.05, 0) is 40.2 Å². The Hall–Kier alpha value is -0.610. The van der Waals surface area contributed by atoms with Crippen molar-refractivity contribution < 1.29 is 14.3 Å². The van der Waals surface area contributed by atoms with Crippen LogP contribution in [0.1, 0.15) is 40.5 Å². The van der Waals surface area contributed by atoms with Gasteiger partial charge in [-0.3, -0.25) is 9.69 Å². The van der Waals surface area contributed by atoms with Crippen molar-refractivity contribution in [1.82, 2.24) is 4.90 Å². The second-order valence-corrected chi connectivity index (χ2v) is 5.17. The van der Waals surface area contributed by atoms with Crippen LogP contribution in [0.15, 0.2) is 0 Å². The molecule has 1 aliphatic rings. The summed E-state index contributed by atoms with van der Waals surface area (Å²) in [5, 5.41) is 0. The van der Waals surface area contributed by atoms with Crippen LogP contribution in [0.25, 0.3) is 0 Å². The molecule has 1 fully saturated rings. The molecule has 0 N–H and O–H groups in total. The molecule has 1 heterocycles. The molecule has 0 spiro atoms. The Morgan fingerprint density at radius 2 is 2.18 bits per heavy atom. The average molecular weight is 243 g/mol. The molecule has 1 aliphatic heterocycles. The van der Waals surface area contributed by atoms with Gasteiger partial charge in [0, 0.05) is 6.54 Å². The summed E-state index contributed by atoms with van der Waals surface area (Å²) in [7, 11) is 0. The SMILES string of the molecule is CCOC(=O)CN(CC)CC1CCC(C)(C)O1. The molecule has 0 aromatic rings. The van der Waals surface area contributed by atoms with Crippen LogP contribution in [0, 0.1) is 0 Å². The lowest BCUT2D eigenvalue weighted by molar-refractivity contribution is -0.144. The minimum atomic E-state index is -0.147. The quantitative estimate of drug-likeness (QED) is 0.667. The predicted octanol–water partition coefficient (Wildman–Crippen LogP) is 1.83. The molecule has 4 nitrogen and oxygen atoms in total. The van der Waals surface area contributed by atoms with E-state index in [0.29, 0.717) is 13.2 Å².